The Bertz CT molecular complexity index is 895. The van der Waals surface area contributed by atoms with Gasteiger partial charge in [0, 0.05) is 52.5 Å². The van der Waals surface area contributed by atoms with Gasteiger partial charge in [-0.2, -0.15) is 5.10 Å². The van der Waals surface area contributed by atoms with Crippen molar-refractivity contribution in [3.63, 3.8) is 0 Å². The van der Waals surface area contributed by atoms with Crippen molar-refractivity contribution in [2.75, 3.05) is 43.4 Å². The van der Waals surface area contributed by atoms with Crippen LogP contribution < -0.4 is 15.5 Å². The van der Waals surface area contributed by atoms with Crippen molar-refractivity contribution in [2.45, 2.75) is 13.3 Å². The van der Waals surface area contributed by atoms with Crippen LogP contribution >= 0.6 is 24.0 Å². The second-order valence-electron chi connectivity index (χ2n) is 6.94. The average molecular weight is 525 g/mol. The van der Waals surface area contributed by atoms with Crippen LogP contribution in [-0.2, 0) is 23.1 Å². The molecule has 1 aromatic heterocycles. The number of carbonyl (C=O) groups excluding carboxylic acids is 2. The van der Waals surface area contributed by atoms with Gasteiger partial charge in [0.25, 0.3) is 0 Å². The molecule has 1 aliphatic heterocycles. The van der Waals surface area contributed by atoms with Crippen LogP contribution in [0.25, 0.3) is 0 Å². The van der Waals surface area contributed by atoms with E-state index >= 15 is 0 Å². The molecule has 1 saturated heterocycles. The Balaban J connectivity index is 0.00000320. The highest BCUT2D eigenvalue weighted by Gasteiger charge is 2.27. The summed E-state index contributed by atoms with van der Waals surface area (Å²) >= 11 is 0. The Labute approximate surface area is 193 Å². The zero-order chi connectivity index (χ0) is 20.8. The number of aliphatic imine (C=N–C) groups is 1. The lowest BCUT2D eigenvalue weighted by molar-refractivity contribution is -0.120. The zero-order valence-corrected chi connectivity index (χ0v) is 19.8. The van der Waals surface area contributed by atoms with Crippen molar-refractivity contribution in [1.29, 1.82) is 0 Å². The molecular formula is C20H28IN7O2. The highest BCUT2D eigenvalue weighted by Crippen LogP contribution is 2.16. The first kappa shape index (κ1) is 23.6. The summed E-state index contributed by atoms with van der Waals surface area (Å²) in [7, 11) is 3.56. The van der Waals surface area contributed by atoms with Crippen molar-refractivity contribution in [3.8, 4) is 0 Å². The highest BCUT2D eigenvalue weighted by molar-refractivity contribution is 14.0. The van der Waals surface area contributed by atoms with Gasteiger partial charge in [-0.3, -0.25) is 19.3 Å². The summed E-state index contributed by atoms with van der Waals surface area (Å²) in [4.78, 5) is 31.7. The number of nitrogens with one attached hydrogen (secondary N) is 2. The van der Waals surface area contributed by atoms with Gasteiger partial charge < -0.3 is 20.4 Å². The van der Waals surface area contributed by atoms with Gasteiger partial charge in [-0.05, 0) is 24.1 Å². The molecule has 3 rings (SSSR count). The summed E-state index contributed by atoms with van der Waals surface area (Å²) in [5.74, 6) is 0.668. The van der Waals surface area contributed by atoms with Crippen LogP contribution in [0, 0.1) is 0 Å². The predicted molar refractivity (Wildman–Crippen MR) is 128 cm³/mol. The number of amides is 2. The fourth-order valence-electron chi connectivity index (χ4n) is 3.28. The number of hydrogen-bond donors (Lipinski definition) is 2. The molecule has 0 radical (unpaired) electrons. The van der Waals surface area contributed by atoms with Gasteiger partial charge in [0.2, 0.25) is 11.8 Å². The number of rotatable bonds is 5. The largest absolute Gasteiger partial charge is 0.356 e. The minimum absolute atomic E-state index is 0. The SMILES string of the molecule is CN=C(NCCc1ccc(NC(C)=O)cc1)N1CCN(c2cnn(C)c2)C(=O)C1.I. The molecule has 30 heavy (non-hydrogen) atoms. The molecule has 162 valence electrons. The molecule has 9 nitrogen and oxygen atoms in total. The van der Waals surface area contributed by atoms with Crippen LogP contribution in [0.1, 0.15) is 12.5 Å². The summed E-state index contributed by atoms with van der Waals surface area (Å²) in [6.07, 6.45) is 4.36. The molecule has 2 aromatic rings. The molecule has 1 aromatic carbocycles. The summed E-state index contributed by atoms with van der Waals surface area (Å²) < 4.78 is 1.69. The number of aromatic nitrogens is 2. The Morgan fingerprint density at radius 1 is 1.23 bits per heavy atom. The Morgan fingerprint density at radius 3 is 2.53 bits per heavy atom. The molecule has 0 aliphatic carbocycles. The van der Waals surface area contributed by atoms with Crippen molar-refractivity contribution >= 4 is 53.1 Å². The van der Waals surface area contributed by atoms with Gasteiger partial charge in [-0.25, -0.2) is 0 Å². The number of anilines is 2. The normalized spacial score (nSPS) is 14.4. The molecule has 0 unspecified atom stereocenters. The van der Waals surface area contributed by atoms with Crippen molar-refractivity contribution in [1.82, 2.24) is 20.0 Å². The smallest absolute Gasteiger partial charge is 0.246 e. The van der Waals surface area contributed by atoms with Gasteiger partial charge in [-0.15, -0.1) is 24.0 Å². The van der Waals surface area contributed by atoms with E-state index in [1.807, 2.05) is 42.4 Å². The van der Waals surface area contributed by atoms with E-state index in [1.165, 1.54) is 6.92 Å². The van der Waals surface area contributed by atoms with E-state index in [-0.39, 0.29) is 42.3 Å². The molecule has 0 saturated carbocycles. The van der Waals surface area contributed by atoms with Gasteiger partial charge in [0.15, 0.2) is 5.96 Å². The first-order valence-corrected chi connectivity index (χ1v) is 9.57. The molecule has 0 spiro atoms. The minimum atomic E-state index is -0.0820. The van der Waals surface area contributed by atoms with Crippen LogP contribution in [0.2, 0.25) is 0 Å². The monoisotopic (exact) mass is 525 g/mol. The molecular weight excluding hydrogens is 497 g/mol. The van der Waals surface area contributed by atoms with E-state index in [2.05, 4.69) is 20.7 Å². The van der Waals surface area contributed by atoms with Crippen LogP contribution in [-0.4, -0.2) is 65.7 Å². The minimum Gasteiger partial charge on any atom is -0.356 e. The number of halogens is 1. The molecule has 2 N–H and O–H groups in total. The van der Waals surface area contributed by atoms with E-state index < -0.39 is 0 Å². The zero-order valence-electron chi connectivity index (χ0n) is 17.5. The van der Waals surface area contributed by atoms with Gasteiger partial charge in [-0.1, -0.05) is 12.1 Å². The second-order valence-corrected chi connectivity index (χ2v) is 6.94. The maximum absolute atomic E-state index is 12.6. The molecule has 2 amide bonds. The lowest BCUT2D eigenvalue weighted by atomic mass is 10.1. The molecule has 0 bridgehead atoms. The van der Waals surface area contributed by atoms with Crippen LogP contribution in [0.3, 0.4) is 0 Å². The quantitative estimate of drug-likeness (QED) is 0.351. The topological polar surface area (TPSA) is 94.9 Å². The summed E-state index contributed by atoms with van der Waals surface area (Å²) in [6.45, 7) is 3.76. The molecule has 2 heterocycles. The highest BCUT2D eigenvalue weighted by atomic mass is 127. The fourth-order valence-corrected chi connectivity index (χ4v) is 3.28. The first-order valence-electron chi connectivity index (χ1n) is 9.57. The van der Waals surface area contributed by atoms with E-state index in [1.54, 1.807) is 22.8 Å². The number of piperazine rings is 1. The maximum atomic E-state index is 12.6. The lowest BCUT2D eigenvalue weighted by Gasteiger charge is -2.35. The van der Waals surface area contributed by atoms with Gasteiger partial charge in [0.05, 0.1) is 11.9 Å². The number of aryl methyl sites for hydroxylation is 1. The number of guanidine groups is 1. The van der Waals surface area contributed by atoms with Crippen molar-refractivity contribution < 1.29 is 9.59 Å². The van der Waals surface area contributed by atoms with Gasteiger partial charge >= 0.3 is 0 Å². The van der Waals surface area contributed by atoms with Crippen LogP contribution in [0.15, 0.2) is 41.7 Å². The Hall–Kier alpha value is -2.63. The van der Waals surface area contributed by atoms with E-state index in [0.717, 1.165) is 29.3 Å². The summed E-state index contributed by atoms with van der Waals surface area (Å²) in [6, 6.07) is 7.77. The fraction of sp³-hybridized carbons (Fsp3) is 0.400. The van der Waals surface area contributed by atoms with Gasteiger partial charge in [0.1, 0.15) is 6.54 Å². The Morgan fingerprint density at radius 2 is 1.97 bits per heavy atom. The third kappa shape index (κ3) is 6.18. The third-order valence-corrected chi connectivity index (χ3v) is 4.71. The Kier molecular flexibility index (Phi) is 8.63. The second kappa shape index (κ2) is 11.0. The average Bonchev–Trinajstić information content (AvgIpc) is 3.12. The number of carbonyl (C=O) groups is 2. The number of benzene rings is 1. The maximum Gasteiger partial charge on any atom is 0.246 e. The van der Waals surface area contributed by atoms with E-state index in [4.69, 9.17) is 0 Å². The number of hydrogen-bond acceptors (Lipinski definition) is 4. The molecule has 1 aliphatic rings. The standard InChI is InChI=1S/C20H27N7O2.HI/c1-15(28)24-17-6-4-16(5-7-17)8-9-22-20(21-2)26-10-11-27(19(29)14-26)18-12-23-25(3)13-18;/h4-7,12-13H,8-11,14H2,1-3H3,(H,21,22)(H,24,28);1H. The predicted octanol–water partition coefficient (Wildman–Crippen LogP) is 1.46. The van der Waals surface area contributed by atoms with Crippen molar-refractivity contribution in [3.05, 3.63) is 42.2 Å². The molecule has 0 atom stereocenters. The third-order valence-electron chi connectivity index (χ3n) is 4.71. The molecule has 1 fully saturated rings. The van der Waals surface area contributed by atoms with Crippen LogP contribution in [0.5, 0.6) is 0 Å². The molecule has 10 heteroatoms. The number of nitrogens with zero attached hydrogens (tertiary/aromatic N) is 5. The lowest BCUT2D eigenvalue weighted by Crippen LogP contribution is -2.55. The van der Waals surface area contributed by atoms with Crippen molar-refractivity contribution in [2.24, 2.45) is 12.0 Å². The van der Waals surface area contributed by atoms with E-state index in [0.29, 0.717) is 19.6 Å². The van der Waals surface area contributed by atoms with E-state index in [9.17, 15) is 9.59 Å². The first-order chi connectivity index (χ1) is 14.0. The van der Waals surface area contributed by atoms with Crippen LogP contribution in [0.4, 0.5) is 11.4 Å². The summed E-state index contributed by atoms with van der Waals surface area (Å²) in [5.41, 5.74) is 2.76. The summed E-state index contributed by atoms with van der Waals surface area (Å²) in [5, 5.41) is 10.2.